The van der Waals surface area contributed by atoms with Crippen LogP contribution in [0.15, 0.2) is 18.3 Å². The second-order valence-corrected chi connectivity index (χ2v) is 5.30. The third-order valence-corrected chi connectivity index (χ3v) is 3.57. The van der Waals surface area contributed by atoms with Gasteiger partial charge in [0.25, 0.3) is 0 Å². The first-order valence-corrected chi connectivity index (χ1v) is 7.08. The van der Waals surface area contributed by atoms with Crippen LogP contribution in [-0.2, 0) is 6.54 Å². The van der Waals surface area contributed by atoms with Crippen LogP contribution in [0.5, 0.6) is 0 Å². The van der Waals surface area contributed by atoms with Gasteiger partial charge in [-0.05, 0) is 50.6 Å². The molecule has 19 heavy (non-hydrogen) atoms. The fraction of sp³-hybridized carbons (Fsp3) is 0.600. The van der Waals surface area contributed by atoms with E-state index in [0.29, 0.717) is 11.7 Å². The van der Waals surface area contributed by atoms with Crippen molar-refractivity contribution >= 4 is 0 Å². The number of nitrogens with zero attached hydrogens (tertiary/aromatic N) is 3. The van der Waals surface area contributed by atoms with E-state index in [-0.39, 0.29) is 0 Å². The molecular formula is C15H22N4. The van der Waals surface area contributed by atoms with Crippen molar-refractivity contribution in [3.05, 3.63) is 29.6 Å². The monoisotopic (exact) mass is 258 g/mol. The first-order chi connectivity index (χ1) is 9.28. The molecule has 2 heterocycles. The zero-order valence-corrected chi connectivity index (χ0v) is 11.6. The number of rotatable bonds is 5. The number of likely N-dealkylation sites (tertiary alicyclic amines) is 1. The van der Waals surface area contributed by atoms with Crippen LogP contribution >= 0.6 is 0 Å². The molecule has 0 saturated carbocycles. The van der Waals surface area contributed by atoms with Crippen LogP contribution in [0.1, 0.15) is 37.4 Å². The number of nitrogens with one attached hydrogen (secondary N) is 1. The highest BCUT2D eigenvalue weighted by Crippen LogP contribution is 2.09. The van der Waals surface area contributed by atoms with E-state index in [1.165, 1.54) is 32.4 Å². The van der Waals surface area contributed by atoms with Crippen LogP contribution in [0.25, 0.3) is 0 Å². The fourth-order valence-electron chi connectivity index (χ4n) is 2.53. The van der Waals surface area contributed by atoms with E-state index in [0.717, 1.165) is 18.7 Å². The maximum Gasteiger partial charge on any atom is 0.140 e. The molecule has 0 radical (unpaired) electrons. The molecule has 4 heteroatoms. The van der Waals surface area contributed by atoms with E-state index in [9.17, 15) is 0 Å². The van der Waals surface area contributed by atoms with Crippen molar-refractivity contribution in [2.45, 2.75) is 38.8 Å². The maximum atomic E-state index is 8.82. The van der Waals surface area contributed by atoms with Gasteiger partial charge in [0.2, 0.25) is 0 Å². The van der Waals surface area contributed by atoms with Crippen LogP contribution in [0, 0.1) is 11.3 Å². The van der Waals surface area contributed by atoms with E-state index in [2.05, 4.69) is 28.2 Å². The molecule has 1 unspecified atom stereocenters. The Hall–Kier alpha value is -1.44. The van der Waals surface area contributed by atoms with Crippen LogP contribution < -0.4 is 5.32 Å². The highest BCUT2D eigenvalue weighted by molar-refractivity contribution is 5.25. The van der Waals surface area contributed by atoms with Crippen LogP contribution in [-0.4, -0.2) is 35.6 Å². The molecule has 1 fully saturated rings. The average molecular weight is 258 g/mol. The summed E-state index contributed by atoms with van der Waals surface area (Å²) in [5.41, 5.74) is 1.61. The number of pyridine rings is 1. The average Bonchev–Trinajstić information content (AvgIpc) is 2.46. The second kappa shape index (κ2) is 7.22. The first kappa shape index (κ1) is 14.0. The Kier molecular flexibility index (Phi) is 5.31. The number of hydrogen-bond acceptors (Lipinski definition) is 4. The highest BCUT2D eigenvalue weighted by Gasteiger charge is 2.12. The Morgan fingerprint density at radius 1 is 1.42 bits per heavy atom. The molecule has 0 aromatic carbocycles. The van der Waals surface area contributed by atoms with Crippen LogP contribution in [0.2, 0.25) is 0 Å². The topological polar surface area (TPSA) is 52.0 Å². The van der Waals surface area contributed by atoms with E-state index in [1.54, 1.807) is 6.20 Å². The molecule has 2 rings (SSSR count). The van der Waals surface area contributed by atoms with Gasteiger partial charge in [0, 0.05) is 25.3 Å². The lowest BCUT2D eigenvalue weighted by atomic mass is 10.1. The lowest BCUT2D eigenvalue weighted by Gasteiger charge is -2.29. The minimum Gasteiger partial charge on any atom is -0.309 e. The van der Waals surface area contributed by atoms with Gasteiger partial charge in [0.15, 0.2) is 0 Å². The van der Waals surface area contributed by atoms with E-state index in [4.69, 9.17) is 5.26 Å². The van der Waals surface area contributed by atoms with E-state index >= 15 is 0 Å². The first-order valence-electron chi connectivity index (χ1n) is 7.08. The summed E-state index contributed by atoms with van der Waals surface area (Å²) in [5, 5.41) is 12.3. The lowest BCUT2D eigenvalue weighted by Crippen LogP contribution is -2.41. The zero-order chi connectivity index (χ0) is 13.5. The van der Waals surface area contributed by atoms with Gasteiger partial charge in [0.05, 0.1) is 0 Å². The maximum absolute atomic E-state index is 8.82. The number of aromatic nitrogens is 1. The molecule has 0 bridgehead atoms. The summed E-state index contributed by atoms with van der Waals surface area (Å²) in [6.07, 6.45) is 5.75. The van der Waals surface area contributed by atoms with E-state index in [1.807, 2.05) is 12.1 Å². The summed E-state index contributed by atoms with van der Waals surface area (Å²) >= 11 is 0. The zero-order valence-electron chi connectivity index (χ0n) is 11.6. The molecule has 0 spiro atoms. The highest BCUT2D eigenvalue weighted by atomic mass is 15.1. The fourth-order valence-corrected chi connectivity index (χ4v) is 2.53. The molecule has 4 nitrogen and oxygen atoms in total. The minimum absolute atomic E-state index is 0.469. The normalized spacial score (nSPS) is 17.9. The van der Waals surface area contributed by atoms with Crippen molar-refractivity contribution in [3.63, 3.8) is 0 Å². The molecule has 1 saturated heterocycles. The third kappa shape index (κ3) is 4.62. The Bertz CT molecular complexity index is 432. The predicted molar refractivity (Wildman–Crippen MR) is 75.5 cm³/mol. The molecule has 1 aliphatic rings. The van der Waals surface area contributed by atoms with E-state index < -0.39 is 0 Å². The molecule has 1 aromatic rings. The third-order valence-electron chi connectivity index (χ3n) is 3.57. The number of hydrogen-bond donors (Lipinski definition) is 1. The Labute approximate surface area is 115 Å². The summed E-state index contributed by atoms with van der Waals surface area (Å²) in [6.45, 7) is 6.60. The van der Waals surface area contributed by atoms with Crippen molar-refractivity contribution in [2.24, 2.45) is 0 Å². The summed E-state index contributed by atoms with van der Waals surface area (Å²) < 4.78 is 0. The van der Waals surface area contributed by atoms with Crippen molar-refractivity contribution < 1.29 is 0 Å². The Morgan fingerprint density at radius 3 is 2.95 bits per heavy atom. The van der Waals surface area contributed by atoms with Gasteiger partial charge >= 0.3 is 0 Å². The largest absolute Gasteiger partial charge is 0.309 e. The van der Waals surface area contributed by atoms with Crippen LogP contribution in [0.3, 0.4) is 0 Å². The predicted octanol–water partition coefficient (Wildman–Crippen LogP) is 1.92. The smallest absolute Gasteiger partial charge is 0.140 e. The quantitative estimate of drug-likeness (QED) is 0.876. The van der Waals surface area contributed by atoms with Gasteiger partial charge in [-0.15, -0.1) is 0 Å². The standard InChI is InChI=1S/C15H22N4/c1-13(12-19-7-3-2-4-8-19)18-11-14-5-6-17-15(9-14)10-16/h5-6,9,13,18H,2-4,7-8,11-12H2,1H3. The SMILES string of the molecule is CC(CN1CCCCC1)NCc1ccnc(C#N)c1. The number of piperidine rings is 1. The van der Waals surface area contributed by atoms with Crippen molar-refractivity contribution in [1.29, 1.82) is 5.26 Å². The Morgan fingerprint density at radius 2 is 2.21 bits per heavy atom. The van der Waals surface area contributed by atoms with Gasteiger partial charge in [0.1, 0.15) is 11.8 Å². The molecule has 1 atom stereocenters. The van der Waals surface area contributed by atoms with Gasteiger partial charge in [-0.1, -0.05) is 6.42 Å². The second-order valence-electron chi connectivity index (χ2n) is 5.30. The number of nitriles is 1. The molecule has 102 valence electrons. The van der Waals surface area contributed by atoms with Gasteiger partial charge in [-0.2, -0.15) is 5.26 Å². The van der Waals surface area contributed by atoms with Crippen molar-refractivity contribution in [2.75, 3.05) is 19.6 Å². The molecule has 0 amide bonds. The van der Waals surface area contributed by atoms with Crippen molar-refractivity contribution in [1.82, 2.24) is 15.2 Å². The van der Waals surface area contributed by atoms with Gasteiger partial charge in [-0.25, -0.2) is 4.98 Å². The molecular weight excluding hydrogens is 236 g/mol. The van der Waals surface area contributed by atoms with Gasteiger partial charge in [-0.3, -0.25) is 0 Å². The summed E-state index contributed by atoms with van der Waals surface area (Å²) in [7, 11) is 0. The lowest BCUT2D eigenvalue weighted by molar-refractivity contribution is 0.209. The summed E-state index contributed by atoms with van der Waals surface area (Å²) in [6, 6.07) is 6.35. The van der Waals surface area contributed by atoms with Crippen LogP contribution in [0.4, 0.5) is 0 Å². The van der Waals surface area contributed by atoms with Crippen molar-refractivity contribution in [3.8, 4) is 6.07 Å². The summed E-state index contributed by atoms with van der Waals surface area (Å²) in [5.74, 6) is 0. The molecule has 0 aliphatic carbocycles. The molecule has 1 aromatic heterocycles. The minimum atomic E-state index is 0.469. The molecule has 1 aliphatic heterocycles. The Balaban J connectivity index is 1.76. The van der Waals surface area contributed by atoms with Gasteiger partial charge < -0.3 is 10.2 Å². The molecule has 1 N–H and O–H groups in total. The summed E-state index contributed by atoms with van der Waals surface area (Å²) in [4.78, 5) is 6.52.